The molecule has 0 amide bonds. The van der Waals surface area contributed by atoms with Crippen LogP contribution in [0.5, 0.6) is 0 Å². The molecule has 1 aliphatic carbocycles. The molecule has 2 fully saturated rings. The zero-order chi connectivity index (χ0) is 17.5. The zero-order valence-corrected chi connectivity index (χ0v) is 16.1. The number of ether oxygens (including phenoxy) is 1. The molecule has 1 aliphatic heterocycles. The first-order chi connectivity index (χ1) is 12.3. The van der Waals surface area contributed by atoms with Crippen LogP contribution in [-0.2, 0) is 11.2 Å². The third kappa shape index (κ3) is 5.20. The van der Waals surface area contributed by atoms with E-state index in [0.717, 1.165) is 18.4 Å². The van der Waals surface area contributed by atoms with Gasteiger partial charge in [0.2, 0.25) is 0 Å². The maximum absolute atomic E-state index is 6.34. The number of unbranched alkanes of at least 4 members (excludes halogenated alkanes) is 2. The highest BCUT2D eigenvalue weighted by Crippen LogP contribution is 2.38. The van der Waals surface area contributed by atoms with E-state index in [2.05, 4.69) is 43.8 Å². The fourth-order valence-electron chi connectivity index (χ4n) is 4.69. The van der Waals surface area contributed by atoms with E-state index >= 15 is 0 Å². The SMILES string of the molecule is C=CC1CCC(C2CCC(c3ccc(CCCCC)cc3)CO2)CC1. The van der Waals surface area contributed by atoms with E-state index in [0.29, 0.717) is 12.0 Å². The van der Waals surface area contributed by atoms with Crippen LogP contribution in [0.3, 0.4) is 0 Å². The van der Waals surface area contributed by atoms with Gasteiger partial charge in [-0.15, -0.1) is 6.58 Å². The van der Waals surface area contributed by atoms with E-state index in [1.54, 1.807) is 0 Å². The Hall–Kier alpha value is -1.08. The molecule has 1 aromatic rings. The van der Waals surface area contributed by atoms with Crippen LogP contribution >= 0.6 is 0 Å². The summed E-state index contributed by atoms with van der Waals surface area (Å²) in [5.74, 6) is 2.15. The van der Waals surface area contributed by atoms with Gasteiger partial charge in [0, 0.05) is 5.92 Å². The molecule has 0 bridgehead atoms. The predicted octanol–water partition coefficient (Wildman–Crippen LogP) is 6.67. The Kier molecular flexibility index (Phi) is 7.16. The van der Waals surface area contributed by atoms with Crippen molar-refractivity contribution in [3.8, 4) is 0 Å². The van der Waals surface area contributed by atoms with E-state index in [1.165, 1.54) is 75.3 Å². The van der Waals surface area contributed by atoms with Crippen LogP contribution in [0.25, 0.3) is 0 Å². The van der Waals surface area contributed by atoms with Gasteiger partial charge in [0.05, 0.1) is 12.7 Å². The molecule has 1 nitrogen and oxygen atoms in total. The first kappa shape index (κ1) is 18.7. The van der Waals surface area contributed by atoms with Gasteiger partial charge in [-0.05, 0) is 74.3 Å². The van der Waals surface area contributed by atoms with E-state index in [1.807, 2.05) is 0 Å². The van der Waals surface area contributed by atoms with Crippen LogP contribution in [0.1, 0.15) is 81.8 Å². The highest BCUT2D eigenvalue weighted by Gasteiger charge is 2.31. The van der Waals surface area contributed by atoms with Crippen LogP contribution in [0.2, 0.25) is 0 Å². The molecule has 1 saturated heterocycles. The summed E-state index contributed by atoms with van der Waals surface area (Å²) in [5.41, 5.74) is 2.97. The van der Waals surface area contributed by atoms with Crippen molar-refractivity contribution in [3.63, 3.8) is 0 Å². The molecule has 2 unspecified atom stereocenters. The first-order valence-corrected chi connectivity index (χ1v) is 10.6. The molecule has 2 atom stereocenters. The molecule has 0 radical (unpaired) electrons. The van der Waals surface area contributed by atoms with Gasteiger partial charge in [0.1, 0.15) is 0 Å². The van der Waals surface area contributed by atoms with E-state index in [9.17, 15) is 0 Å². The molecule has 138 valence electrons. The number of allylic oxidation sites excluding steroid dienone is 1. The normalized spacial score (nSPS) is 30.1. The second-order valence-corrected chi connectivity index (χ2v) is 8.26. The molecule has 0 aromatic heterocycles. The Morgan fingerprint density at radius 3 is 2.36 bits per heavy atom. The third-order valence-electron chi connectivity index (χ3n) is 6.51. The summed E-state index contributed by atoms with van der Waals surface area (Å²) in [6.07, 6.45) is 15.7. The summed E-state index contributed by atoms with van der Waals surface area (Å²) in [6, 6.07) is 9.39. The Bertz CT molecular complexity index is 501. The summed E-state index contributed by atoms with van der Waals surface area (Å²) in [7, 11) is 0. The van der Waals surface area contributed by atoms with Crippen molar-refractivity contribution < 1.29 is 4.74 Å². The van der Waals surface area contributed by atoms with E-state index in [4.69, 9.17) is 4.74 Å². The lowest BCUT2D eigenvalue weighted by Gasteiger charge is -2.37. The molecule has 1 saturated carbocycles. The van der Waals surface area contributed by atoms with Gasteiger partial charge in [-0.3, -0.25) is 0 Å². The molecule has 1 heterocycles. The van der Waals surface area contributed by atoms with Crippen molar-refractivity contribution in [1.29, 1.82) is 0 Å². The molecule has 3 rings (SSSR count). The van der Waals surface area contributed by atoms with Gasteiger partial charge in [-0.2, -0.15) is 0 Å². The van der Waals surface area contributed by atoms with Crippen molar-refractivity contribution in [1.82, 2.24) is 0 Å². The van der Waals surface area contributed by atoms with Gasteiger partial charge in [-0.1, -0.05) is 50.1 Å². The van der Waals surface area contributed by atoms with Gasteiger partial charge in [0.25, 0.3) is 0 Å². The van der Waals surface area contributed by atoms with Gasteiger partial charge >= 0.3 is 0 Å². The number of aryl methyl sites for hydroxylation is 1. The van der Waals surface area contributed by atoms with Crippen molar-refractivity contribution in [2.45, 2.75) is 83.2 Å². The van der Waals surface area contributed by atoms with Gasteiger partial charge in [-0.25, -0.2) is 0 Å². The highest BCUT2D eigenvalue weighted by atomic mass is 16.5. The van der Waals surface area contributed by atoms with Crippen molar-refractivity contribution in [2.24, 2.45) is 11.8 Å². The number of benzene rings is 1. The minimum atomic E-state index is 0.510. The first-order valence-electron chi connectivity index (χ1n) is 10.6. The molecule has 1 aromatic carbocycles. The number of rotatable bonds is 7. The second-order valence-electron chi connectivity index (χ2n) is 8.26. The smallest absolute Gasteiger partial charge is 0.0603 e. The van der Waals surface area contributed by atoms with Crippen LogP contribution in [0.4, 0.5) is 0 Å². The second kappa shape index (κ2) is 9.57. The third-order valence-corrected chi connectivity index (χ3v) is 6.51. The molecular formula is C24H36O. The predicted molar refractivity (Wildman–Crippen MR) is 107 cm³/mol. The Morgan fingerprint density at radius 1 is 1.00 bits per heavy atom. The van der Waals surface area contributed by atoms with Crippen molar-refractivity contribution >= 4 is 0 Å². The van der Waals surface area contributed by atoms with Crippen molar-refractivity contribution in [2.75, 3.05) is 6.61 Å². The quantitative estimate of drug-likeness (QED) is 0.397. The lowest BCUT2D eigenvalue weighted by molar-refractivity contribution is -0.0419. The maximum Gasteiger partial charge on any atom is 0.0603 e. The standard InChI is InChI=1S/C24H36O/c1-3-5-6-7-20-10-12-21(13-11-20)23-16-17-24(25-18-23)22-14-8-19(4-2)9-15-22/h4,10-13,19,22-24H,2-3,5-9,14-18H2,1H3. The average Bonchev–Trinajstić information content (AvgIpc) is 2.69. The summed E-state index contributed by atoms with van der Waals surface area (Å²) in [5, 5.41) is 0. The average molecular weight is 341 g/mol. The topological polar surface area (TPSA) is 9.23 Å². The van der Waals surface area contributed by atoms with Gasteiger partial charge in [0.15, 0.2) is 0 Å². The van der Waals surface area contributed by atoms with Crippen LogP contribution in [0, 0.1) is 11.8 Å². The fraction of sp³-hybridized carbons (Fsp3) is 0.667. The number of hydrogen-bond donors (Lipinski definition) is 0. The summed E-state index contributed by atoms with van der Waals surface area (Å²) in [4.78, 5) is 0. The van der Waals surface area contributed by atoms with Crippen LogP contribution in [0.15, 0.2) is 36.9 Å². The number of hydrogen-bond acceptors (Lipinski definition) is 1. The monoisotopic (exact) mass is 340 g/mol. The summed E-state index contributed by atoms with van der Waals surface area (Å²) in [6.45, 7) is 7.15. The summed E-state index contributed by atoms with van der Waals surface area (Å²) < 4.78 is 6.34. The molecular weight excluding hydrogens is 304 g/mol. The lowest BCUT2D eigenvalue weighted by Crippen LogP contribution is -2.33. The minimum absolute atomic E-state index is 0.510. The van der Waals surface area contributed by atoms with Crippen LogP contribution in [-0.4, -0.2) is 12.7 Å². The Balaban J connectivity index is 1.45. The largest absolute Gasteiger partial charge is 0.377 e. The maximum atomic E-state index is 6.34. The molecule has 2 aliphatic rings. The molecule has 25 heavy (non-hydrogen) atoms. The lowest BCUT2D eigenvalue weighted by atomic mass is 9.77. The summed E-state index contributed by atoms with van der Waals surface area (Å²) >= 11 is 0. The van der Waals surface area contributed by atoms with Gasteiger partial charge < -0.3 is 4.74 Å². The molecule has 0 N–H and O–H groups in total. The van der Waals surface area contributed by atoms with E-state index in [-0.39, 0.29) is 0 Å². The Morgan fingerprint density at radius 2 is 1.76 bits per heavy atom. The minimum Gasteiger partial charge on any atom is -0.377 e. The van der Waals surface area contributed by atoms with E-state index < -0.39 is 0 Å². The van der Waals surface area contributed by atoms with Crippen LogP contribution < -0.4 is 0 Å². The fourth-order valence-corrected chi connectivity index (χ4v) is 4.69. The highest BCUT2D eigenvalue weighted by molar-refractivity contribution is 5.26. The molecule has 0 spiro atoms. The van der Waals surface area contributed by atoms with Crippen molar-refractivity contribution in [3.05, 3.63) is 48.0 Å². The molecule has 1 heteroatoms. The zero-order valence-electron chi connectivity index (χ0n) is 16.1. The Labute approximate surface area is 154 Å².